The summed E-state index contributed by atoms with van der Waals surface area (Å²) in [6, 6.07) is 14.3. The summed E-state index contributed by atoms with van der Waals surface area (Å²) >= 11 is 0. The number of aryl methyl sites for hydroxylation is 3. The minimum Gasteiger partial charge on any atom is -0.352 e. The molecule has 4 heteroatoms. The first kappa shape index (κ1) is 15.3. The summed E-state index contributed by atoms with van der Waals surface area (Å²) < 4.78 is 0. The lowest BCUT2D eigenvalue weighted by Crippen LogP contribution is -2.22. The van der Waals surface area contributed by atoms with E-state index >= 15 is 0 Å². The van der Waals surface area contributed by atoms with Gasteiger partial charge in [0.1, 0.15) is 5.82 Å². The van der Waals surface area contributed by atoms with Gasteiger partial charge in [-0.1, -0.05) is 35.9 Å². The molecule has 1 amide bonds. The van der Waals surface area contributed by atoms with E-state index in [2.05, 4.69) is 40.4 Å². The van der Waals surface area contributed by atoms with Crippen LogP contribution in [0.2, 0.25) is 0 Å². The van der Waals surface area contributed by atoms with Crippen LogP contribution in [0.25, 0.3) is 11.0 Å². The molecule has 0 aliphatic carbocycles. The summed E-state index contributed by atoms with van der Waals surface area (Å²) in [6.07, 6.45) is 1.28. The van der Waals surface area contributed by atoms with Crippen molar-refractivity contribution in [1.29, 1.82) is 0 Å². The Labute approximate surface area is 136 Å². The maximum absolute atomic E-state index is 12.0. The highest BCUT2D eigenvalue weighted by Gasteiger charge is 2.05. The van der Waals surface area contributed by atoms with Gasteiger partial charge < -0.3 is 10.3 Å². The molecule has 0 saturated heterocycles. The summed E-state index contributed by atoms with van der Waals surface area (Å²) in [5.74, 6) is 0.978. The lowest BCUT2D eigenvalue weighted by molar-refractivity contribution is -0.121. The molecule has 1 aromatic heterocycles. The summed E-state index contributed by atoms with van der Waals surface area (Å²) in [5, 5.41) is 2.98. The van der Waals surface area contributed by atoms with Crippen molar-refractivity contribution in [2.45, 2.75) is 33.2 Å². The quantitative estimate of drug-likeness (QED) is 0.758. The zero-order chi connectivity index (χ0) is 16.2. The fraction of sp³-hybridized carbons (Fsp3) is 0.263. The normalized spacial score (nSPS) is 10.9. The first-order valence-corrected chi connectivity index (χ1v) is 7.87. The maximum atomic E-state index is 12.0. The number of carbonyl (C=O) groups excluding carboxylic acids is 1. The van der Waals surface area contributed by atoms with Crippen molar-refractivity contribution >= 4 is 16.9 Å². The van der Waals surface area contributed by atoms with Crippen molar-refractivity contribution in [1.82, 2.24) is 15.3 Å². The van der Waals surface area contributed by atoms with Gasteiger partial charge in [-0.2, -0.15) is 0 Å². The molecule has 0 radical (unpaired) electrons. The third-order valence-corrected chi connectivity index (χ3v) is 3.88. The standard InChI is InChI=1S/C19H21N3O/c1-13-4-3-5-15(10-13)7-9-19(23)20-12-16-6-8-17-18(11-16)22-14(2)21-17/h3-6,8,10-11H,7,9,12H2,1-2H3,(H,20,23)(H,21,22). The molecule has 0 aliphatic rings. The van der Waals surface area contributed by atoms with Crippen LogP contribution < -0.4 is 5.32 Å². The number of fused-ring (bicyclic) bond motifs is 1. The molecule has 23 heavy (non-hydrogen) atoms. The van der Waals surface area contributed by atoms with E-state index in [9.17, 15) is 4.79 Å². The predicted octanol–water partition coefficient (Wildman–Crippen LogP) is 3.43. The van der Waals surface area contributed by atoms with Gasteiger partial charge in [0, 0.05) is 13.0 Å². The molecule has 1 heterocycles. The third kappa shape index (κ3) is 3.97. The van der Waals surface area contributed by atoms with Crippen molar-refractivity contribution in [2.24, 2.45) is 0 Å². The Bertz CT molecular complexity index is 836. The van der Waals surface area contributed by atoms with Crippen LogP contribution in [0.5, 0.6) is 0 Å². The number of hydrogen-bond donors (Lipinski definition) is 2. The van der Waals surface area contributed by atoms with Crippen LogP contribution in [0.15, 0.2) is 42.5 Å². The van der Waals surface area contributed by atoms with Gasteiger partial charge in [-0.15, -0.1) is 0 Å². The Morgan fingerprint density at radius 1 is 1.13 bits per heavy atom. The topological polar surface area (TPSA) is 57.8 Å². The average Bonchev–Trinajstić information content (AvgIpc) is 2.90. The van der Waals surface area contributed by atoms with E-state index in [1.54, 1.807) is 0 Å². The number of H-pyrrole nitrogens is 1. The van der Waals surface area contributed by atoms with Crippen molar-refractivity contribution in [2.75, 3.05) is 0 Å². The second-order valence-corrected chi connectivity index (χ2v) is 5.94. The Balaban J connectivity index is 1.53. The minimum atomic E-state index is 0.0763. The number of benzene rings is 2. The van der Waals surface area contributed by atoms with E-state index in [0.717, 1.165) is 28.8 Å². The summed E-state index contributed by atoms with van der Waals surface area (Å²) in [7, 11) is 0. The molecular formula is C19H21N3O. The zero-order valence-corrected chi connectivity index (χ0v) is 13.5. The lowest BCUT2D eigenvalue weighted by Gasteiger charge is -2.06. The van der Waals surface area contributed by atoms with Crippen molar-refractivity contribution in [3.63, 3.8) is 0 Å². The molecule has 2 N–H and O–H groups in total. The van der Waals surface area contributed by atoms with Crippen LogP contribution in [0.4, 0.5) is 0 Å². The predicted molar refractivity (Wildman–Crippen MR) is 92.2 cm³/mol. The number of aromatic amines is 1. The number of carbonyl (C=O) groups is 1. The average molecular weight is 307 g/mol. The first-order valence-electron chi connectivity index (χ1n) is 7.87. The molecule has 0 bridgehead atoms. The highest BCUT2D eigenvalue weighted by Crippen LogP contribution is 2.13. The number of aromatic nitrogens is 2. The van der Waals surface area contributed by atoms with E-state index in [4.69, 9.17) is 0 Å². The fourth-order valence-electron chi connectivity index (χ4n) is 2.71. The van der Waals surface area contributed by atoms with Crippen molar-refractivity contribution < 1.29 is 4.79 Å². The monoisotopic (exact) mass is 307 g/mol. The van der Waals surface area contributed by atoms with Crippen LogP contribution in [-0.4, -0.2) is 15.9 Å². The van der Waals surface area contributed by atoms with E-state index in [1.807, 2.05) is 31.2 Å². The van der Waals surface area contributed by atoms with Gasteiger partial charge in [0.05, 0.1) is 11.0 Å². The Morgan fingerprint density at radius 2 is 2.00 bits per heavy atom. The highest BCUT2D eigenvalue weighted by atomic mass is 16.1. The minimum absolute atomic E-state index is 0.0763. The number of amides is 1. The van der Waals surface area contributed by atoms with E-state index in [0.29, 0.717) is 13.0 Å². The molecule has 3 rings (SSSR count). The molecule has 4 nitrogen and oxygen atoms in total. The SMILES string of the molecule is Cc1cccc(CCC(=O)NCc2ccc3nc(C)[nH]c3c2)c1. The van der Waals surface area contributed by atoms with Crippen LogP contribution in [0, 0.1) is 13.8 Å². The lowest BCUT2D eigenvalue weighted by atomic mass is 10.1. The van der Waals surface area contributed by atoms with Gasteiger partial charge in [-0.05, 0) is 43.5 Å². The zero-order valence-electron chi connectivity index (χ0n) is 13.5. The molecule has 0 spiro atoms. The van der Waals surface area contributed by atoms with Gasteiger partial charge in [0.25, 0.3) is 0 Å². The molecule has 118 valence electrons. The van der Waals surface area contributed by atoms with Gasteiger partial charge >= 0.3 is 0 Å². The van der Waals surface area contributed by atoms with Crippen molar-refractivity contribution in [3.8, 4) is 0 Å². The smallest absolute Gasteiger partial charge is 0.220 e. The van der Waals surface area contributed by atoms with Gasteiger partial charge in [0.15, 0.2) is 0 Å². The molecule has 0 atom stereocenters. The Kier molecular flexibility index (Phi) is 4.42. The first-order chi connectivity index (χ1) is 11.1. The number of nitrogens with one attached hydrogen (secondary N) is 2. The highest BCUT2D eigenvalue weighted by molar-refractivity contribution is 5.77. The van der Waals surface area contributed by atoms with E-state index < -0.39 is 0 Å². The largest absolute Gasteiger partial charge is 0.352 e. The molecule has 3 aromatic rings. The van der Waals surface area contributed by atoms with E-state index in [-0.39, 0.29) is 5.91 Å². The Hall–Kier alpha value is -2.62. The maximum Gasteiger partial charge on any atom is 0.220 e. The van der Waals surface area contributed by atoms with Crippen LogP contribution in [0.1, 0.15) is 28.9 Å². The fourth-order valence-corrected chi connectivity index (χ4v) is 2.71. The summed E-state index contributed by atoms with van der Waals surface area (Å²) in [4.78, 5) is 19.6. The summed E-state index contributed by atoms with van der Waals surface area (Å²) in [6.45, 7) is 4.55. The third-order valence-electron chi connectivity index (χ3n) is 3.88. The number of nitrogens with zero attached hydrogens (tertiary/aromatic N) is 1. The van der Waals surface area contributed by atoms with E-state index in [1.165, 1.54) is 11.1 Å². The number of hydrogen-bond acceptors (Lipinski definition) is 2. The second kappa shape index (κ2) is 6.65. The molecule has 0 aliphatic heterocycles. The number of imidazole rings is 1. The summed E-state index contributed by atoms with van der Waals surface area (Å²) in [5.41, 5.74) is 5.47. The van der Waals surface area contributed by atoms with Crippen LogP contribution >= 0.6 is 0 Å². The molecule has 0 fully saturated rings. The van der Waals surface area contributed by atoms with Crippen LogP contribution in [0.3, 0.4) is 0 Å². The molecular weight excluding hydrogens is 286 g/mol. The van der Waals surface area contributed by atoms with Gasteiger partial charge in [0.2, 0.25) is 5.91 Å². The van der Waals surface area contributed by atoms with Crippen LogP contribution in [-0.2, 0) is 17.8 Å². The van der Waals surface area contributed by atoms with Gasteiger partial charge in [-0.25, -0.2) is 4.98 Å². The van der Waals surface area contributed by atoms with Crippen molar-refractivity contribution in [3.05, 3.63) is 65.0 Å². The molecule has 2 aromatic carbocycles. The molecule has 0 saturated carbocycles. The molecule has 0 unspecified atom stereocenters. The Morgan fingerprint density at radius 3 is 2.83 bits per heavy atom. The van der Waals surface area contributed by atoms with Gasteiger partial charge in [-0.3, -0.25) is 4.79 Å². The second-order valence-electron chi connectivity index (χ2n) is 5.94. The number of rotatable bonds is 5.